The van der Waals surface area contributed by atoms with Crippen molar-refractivity contribution in [1.29, 1.82) is 5.26 Å². The number of hydrogen-bond acceptors (Lipinski definition) is 10. The third-order valence-corrected chi connectivity index (χ3v) is 8.44. The largest absolute Gasteiger partial charge is 0.501 e. The lowest BCUT2D eigenvalue weighted by molar-refractivity contribution is -0.0438. The molecule has 1 amide bonds. The number of benzene rings is 1. The van der Waals surface area contributed by atoms with E-state index in [1.807, 2.05) is 6.07 Å². The van der Waals surface area contributed by atoms with Gasteiger partial charge in [0, 0.05) is 5.56 Å². The Morgan fingerprint density at radius 1 is 1.05 bits per heavy atom. The first-order valence-electron chi connectivity index (χ1n) is 9.68. The summed E-state index contributed by atoms with van der Waals surface area (Å²) in [6.07, 6.45) is 1.22. The van der Waals surface area contributed by atoms with Gasteiger partial charge >= 0.3 is 11.0 Å². The zero-order chi connectivity index (χ0) is 28.8. The van der Waals surface area contributed by atoms with Gasteiger partial charge in [0.1, 0.15) is 16.8 Å². The van der Waals surface area contributed by atoms with Crippen molar-refractivity contribution in [2.45, 2.75) is 40.7 Å². The van der Waals surface area contributed by atoms with Crippen LogP contribution in [-0.2, 0) is 19.7 Å². The number of amides is 1. The van der Waals surface area contributed by atoms with Gasteiger partial charge in [0.25, 0.3) is 25.6 Å². The Morgan fingerprint density at radius 2 is 1.58 bits per heavy atom. The molecule has 3 aromatic rings. The van der Waals surface area contributed by atoms with Crippen LogP contribution in [0.2, 0.25) is 0 Å². The monoisotopic (exact) mass is 602 g/mol. The molecule has 0 aliphatic heterocycles. The van der Waals surface area contributed by atoms with Crippen molar-refractivity contribution in [3.63, 3.8) is 0 Å². The Labute approximate surface area is 213 Å². The summed E-state index contributed by atoms with van der Waals surface area (Å²) in [6.45, 7) is 2.74. The summed E-state index contributed by atoms with van der Waals surface area (Å²) in [7, 11) is -12.7. The highest BCUT2D eigenvalue weighted by atomic mass is 32.2. The summed E-state index contributed by atoms with van der Waals surface area (Å²) in [6, 6.07) is 0.526. The lowest BCUT2D eigenvalue weighted by atomic mass is 10.2. The van der Waals surface area contributed by atoms with Crippen LogP contribution in [0, 0.1) is 18.3 Å². The second-order valence-electron chi connectivity index (χ2n) is 7.33. The molecule has 2 aromatic heterocycles. The van der Waals surface area contributed by atoms with E-state index in [4.69, 9.17) is 5.26 Å². The molecular formula is C18H12F6N6O5S3. The van der Waals surface area contributed by atoms with Gasteiger partial charge in [0.05, 0.1) is 22.0 Å². The van der Waals surface area contributed by atoms with Crippen LogP contribution in [0.25, 0.3) is 5.13 Å². The van der Waals surface area contributed by atoms with Crippen LogP contribution in [0.4, 0.5) is 26.3 Å². The molecule has 0 radical (unpaired) electrons. The highest BCUT2D eigenvalue weighted by Gasteiger charge is 2.50. The summed E-state index contributed by atoms with van der Waals surface area (Å²) >= 11 is 0.889. The van der Waals surface area contributed by atoms with E-state index in [1.54, 1.807) is 0 Å². The van der Waals surface area contributed by atoms with E-state index in [0.29, 0.717) is 0 Å². The molecule has 0 unspecified atom stereocenters. The van der Waals surface area contributed by atoms with Crippen LogP contribution in [0.1, 0.15) is 39.8 Å². The molecule has 204 valence electrons. The first-order valence-corrected chi connectivity index (χ1v) is 13.5. The molecule has 1 aromatic carbocycles. The van der Waals surface area contributed by atoms with Crippen molar-refractivity contribution < 1.29 is 48.0 Å². The average molecular weight is 603 g/mol. The summed E-state index contributed by atoms with van der Waals surface area (Å²) in [5, 5.41) is 15.4. The quantitative estimate of drug-likeness (QED) is 0.418. The minimum atomic E-state index is -6.35. The van der Waals surface area contributed by atoms with Gasteiger partial charge in [-0.25, -0.2) is 26.8 Å². The number of thiazole rings is 1. The van der Waals surface area contributed by atoms with Crippen molar-refractivity contribution in [3.05, 3.63) is 46.5 Å². The van der Waals surface area contributed by atoms with E-state index in [9.17, 15) is 48.0 Å². The number of alkyl halides is 6. The number of hydrogen-bond donors (Lipinski definition) is 1. The van der Waals surface area contributed by atoms with Gasteiger partial charge in [0.15, 0.2) is 5.82 Å². The Bertz CT molecular complexity index is 1610. The number of sulfone groups is 2. The molecule has 1 atom stereocenters. The maximum atomic E-state index is 13.1. The van der Waals surface area contributed by atoms with Gasteiger partial charge < -0.3 is 5.32 Å². The number of halogens is 6. The van der Waals surface area contributed by atoms with E-state index in [0.717, 1.165) is 16.0 Å². The predicted molar refractivity (Wildman–Crippen MR) is 115 cm³/mol. The van der Waals surface area contributed by atoms with Crippen molar-refractivity contribution in [1.82, 2.24) is 25.1 Å². The number of nitrogens with zero attached hydrogens (tertiary/aromatic N) is 5. The normalized spacial score (nSPS) is 13.7. The van der Waals surface area contributed by atoms with Crippen molar-refractivity contribution in [2.24, 2.45) is 0 Å². The number of rotatable bonds is 6. The molecule has 0 fully saturated rings. The lowest BCUT2D eigenvalue weighted by Gasteiger charge is -2.16. The molecule has 38 heavy (non-hydrogen) atoms. The number of nitriles is 1. The molecule has 0 saturated heterocycles. The molecular weight excluding hydrogens is 590 g/mol. The lowest BCUT2D eigenvalue weighted by Crippen LogP contribution is -2.30. The summed E-state index contributed by atoms with van der Waals surface area (Å²) in [5.74, 6) is -1.30. The van der Waals surface area contributed by atoms with Crippen LogP contribution >= 0.6 is 11.3 Å². The third kappa shape index (κ3) is 5.34. The fraction of sp³-hybridized carbons (Fsp3) is 0.278. The first-order chi connectivity index (χ1) is 17.3. The number of aromatic nitrogens is 4. The fourth-order valence-corrected chi connectivity index (χ4v) is 5.30. The molecule has 0 spiro atoms. The molecule has 20 heteroatoms. The van der Waals surface area contributed by atoms with Crippen molar-refractivity contribution >= 4 is 36.9 Å². The topological polar surface area (TPSA) is 165 Å². The van der Waals surface area contributed by atoms with Gasteiger partial charge in [-0.05, 0) is 32.0 Å². The summed E-state index contributed by atoms with van der Waals surface area (Å²) < 4.78 is 127. The van der Waals surface area contributed by atoms with E-state index in [-0.39, 0.29) is 39.9 Å². The van der Waals surface area contributed by atoms with Crippen molar-refractivity contribution in [2.75, 3.05) is 0 Å². The zero-order valence-electron chi connectivity index (χ0n) is 18.7. The molecule has 1 N–H and O–H groups in total. The fourth-order valence-electron chi connectivity index (χ4n) is 2.89. The van der Waals surface area contributed by atoms with Gasteiger partial charge in [0.2, 0.25) is 5.13 Å². The summed E-state index contributed by atoms with van der Waals surface area (Å²) in [4.78, 5) is 17.3. The second kappa shape index (κ2) is 9.63. The highest BCUT2D eigenvalue weighted by molar-refractivity contribution is 7.93. The Hall–Kier alpha value is -3.57. The predicted octanol–water partition coefficient (Wildman–Crippen LogP) is 2.98. The molecule has 0 bridgehead atoms. The standard InChI is InChI=1S/C18H12F6N6O5S3/c1-8(14-28-9(2)29-30(14)16-26-7-11(6-25)36-16)27-15(31)10-3-12(37(32,33)17(19,20)21)5-13(4-10)38(34,35)18(22,23)24/h3-5,7-8H,1-2H3,(H,27,31)/t8-/m0/s1. The Morgan fingerprint density at radius 3 is 2.03 bits per heavy atom. The number of carbonyl (C=O) groups excluding carboxylic acids is 1. The molecule has 11 nitrogen and oxygen atoms in total. The average Bonchev–Trinajstić information content (AvgIpc) is 3.43. The third-order valence-electron chi connectivity index (χ3n) is 4.63. The molecule has 3 rings (SSSR count). The molecule has 0 saturated carbocycles. The van der Waals surface area contributed by atoms with Crippen LogP contribution in [-0.4, -0.2) is 53.5 Å². The van der Waals surface area contributed by atoms with Crippen LogP contribution in [0.3, 0.4) is 0 Å². The molecule has 2 heterocycles. The Balaban J connectivity index is 2.09. The number of carbonyl (C=O) groups is 1. The SMILES string of the molecule is Cc1nc([C@H](C)NC(=O)c2cc(S(=O)(=O)C(F)(F)F)cc(S(=O)(=O)C(F)(F)F)c2)n(-c2ncc(C#N)s2)n1. The van der Waals surface area contributed by atoms with E-state index < -0.39 is 58.0 Å². The van der Waals surface area contributed by atoms with Crippen LogP contribution in [0.5, 0.6) is 0 Å². The maximum absolute atomic E-state index is 13.1. The smallest absolute Gasteiger partial charge is 0.342 e. The van der Waals surface area contributed by atoms with Gasteiger partial charge in [-0.3, -0.25) is 4.79 Å². The maximum Gasteiger partial charge on any atom is 0.501 e. The van der Waals surface area contributed by atoms with E-state index in [1.165, 1.54) is 20.0 Å². The number of nitrogens with one attached hydrogen (secondary N) is 1. The Kier molecular flexibility index (Phi) is 7.35. The molecule has 0 aliphatic rings. The number of aryl methyl sites for hydroxylation is 1. The van der Waals surface area contributed by atoms with Gasteiger partial charge in [-0.1, -0.05) is 11.3 Å². The van der Waals surface area contributed by atoms with Crippen molar-refractivity contribution in [3.8, 4) is 11.2 Å². The molecule has 0 aliphatic carbocycles. The second-order valence-corrected chi connectivity index (χ2v) is 12.2. The van der Waals surface area contributed by atoms with E-state index >= 15 is 0 Å². The minimum Gasteiger partial charge on any atom is -0.342 e. The van der Waals surface area contributed by atoms with Crippen LogP contribution in [0.15, 0.2) is 34.2 Å². The minimum absolute atomic E-state index is 0.0307. The van der Waals surface area contributed by atoms with E-state index in [2.05, 4.69) is 20.4 Å². The zero-order valence-corrected chi connectivity index (χ0v) is 21.1. The van der Waals surface area contributed by atoms with Crippen LogP contribution < -0.4 is 5.32 Å². The highest BCUT2D eigenvalue weighted by Crippen LogP contribution is 2.36. The van der Waals surface area contributed by atoms with Gasteiger partial charge in [-0.15, -0.1) is 5.10 Å². The summed E-state index contributed by atoms with van der Waals surface area (Å²) in [5.41, 5.74) is -13.2. The first kappa shape index (κ1) is 29.0. The van der Waals surface area contributed by atoms with Gasteiger partial charge in [-0.2, -0.15) is 36.3 Å².